The highest BCUT2D eigenvalue weighted by atomic mass is 32.1. The van der Waals surface area contributed by atoms with Crippen LogP contribution in [0.1, 0.15) is 18.1 Å². The molecule has 10 heteroatoms. The first-order valence-electron chi connectivity index (χ1n) is 12.6. The number of aromatic nitrogens is 4. The van der Waals surface area contributed by atoms with E-state index in [9.17, 15) is 9.90 Å². The van der Waals surface area contributed by atoms with Crippen molar-refractivity contribution in [3.05, 3.63) is 59.9 Å². The molecular formula is C28H28N6O3S. The van der Waals surface area contributed by atoms with Crippen LogP contribution in [0.4, 0.5) is 5.82 Å². The van der Waals surface area contributed by atoms with Gasteiger partial charge in [-0.25, -0.2) is 15.0 Å². The van der Waals surface area contributed by atoms with Gasteiger partial charge in [0.2, 0.25) is 5.91 Å². The lowest BCUT2D eigenvalue weighted by Gasteiger charge is -2.28. The summed E-state index contributed by atoms with van der Waals surface area (Å²) in [6.07, 6.45) is 2.66. The van der Waals surface area contributed by atoms with E-state index in [1.165, 1.54) is 6.92 Å². The Bertz CT molecular complexity index is 1640. The number of hydrogen-bond donors (Lipinski definition) is 3. The van der Waals surface area contributed by atoms with Gasteiger partial charge in [-0.05, 0) is 48.7 Å². The number of benzene rings is 1. The number of carbonyl (C=O) groups excluding carboxylic acids is 1. The molecular weight excluding hydrogens is 500 g/mol. The standard InChI is InChI=1S/C28H28N6O3S/c1-16-22-24(38-23(16)19-5-3-4-18(12-19)14-31-28(36)17(2)35)27(34-8-10-37-11-9-34)33-26(32-22)21-13-20-6-7-29-25(20)30-15-21/h3-7,12-13,15,17,35H,8-11,14H2,1-2H3,(H,29,30)(H,31,36)/t17-/m0/s1. The average Bonchev–Trinajstić information content (AvgIpc) is 3.55. The fraction of sp³-hybridized carbons (Fsp3) is 0.286. The highest BCUT2D eigenvalue weighted by molar-refractivity contribution is 7.23. The first-order valence-corrected chi connectivity index (χ1v) is 13.4. The zero-order valence-corrected chi connectivity index (χ0v) is 22.0. The van der Waals surface area contributed by atoms with Crippen molar-refractivity contribution < 1.29 is 14.6 Å². The van der Waals surface area contributed by atoms with Gasteiger partial charge in [0.15, 0.2) is 11.6 Å². The molecule has 1 saturated heterocycles. The van der Waals surface area contributed by atoms with Gasteiger partial charge in [-0.2, -0.15) is 0 Å². The molecule has 194 valence electrons. The zero-order valence-electron chi connectivity index (χ0n) is 21.2. The predicted molar refractivity (Wildman–Crippen MR) is 149 cm³/mol. The second-order valence-electron chi connectivity index (χ2n) is 9.44. The lowest BCUT2D eigenvalue weighted by Crippen LogP contribution is -2.36. The number of amides is 1. The predicted octanol–water partition coefficient (Wildman–Crippen LogP) is 4.04. The summed E-state index contributed by atoms with van der Waals surface area (Å²) >= 11 is 1.69. The van der Waals surface area contributed by atoms with Crippen molar-refractivity contribution in [3.8, 4) is 21.8 Å². The Hall–Kier alpha value is -3.86. The van der Waals surface area contributed by atoms with Crippen molar-refractivity contribution >= 4 is 44.3 Å². The van der Waals surface area contributed by atoms with Crippen LogP contribution in [0.2, 0.25) is 0 Å². The van der Waals surface area contributed by atoms with Crippen molar-refractivity contribution in [2.45, 2.75) is 26.5 Å². The second-order valence-corrected chi connectivity index (χ2v) is 10.5. The number of carbonyl (C=O) groups is 1. The van der Waals surface area contributed by atoms with Crippen LogP contribution in [0.15, 0.2) is 48.8 Å². The number of anilines is 1. The first kappa shape index (κ1) is 24.5. The zero-order chi connectivity index (χ0) is 26.2. The Labute approximate surface area is 223 Å². The van der Waals surface area contributed by atoms with Crippen molar-refractivity contribution in [2.24, 2.45) is 0 Å². The largest absolute Gasteiger partial charge is 0.384 e. The normalized spacial score (nSPS) is 14.8. The fourth-order valence-corrected chi connectivity index (χ4v) is 5.95. The van der Waals surface area contributed by atoms with Gasteiger partial charge in [0.25, 0.3) is 0 Å². The van der Waals surface area contributed by atoms with E-state index >= 15 is 0 Å². The number of pyridine rings is 1. The minimum absolute atomic E-state index is 0.346. The lowest BCUT2D eigenvalue weighted by molar-refractivity contribution is -0.128. The maximum absolute atomic E-state index is 11.8. The Morgan fingerprint density at radius 2 is 2.05 bits per heavy atom. The summed E-state index contributed by atoms with van der Waals surface area (Å²) in [6.45, 7) is 6.77. The molecule has 0 bridgehead atoms. The van der Waals surface area contributed by atoms with Gasteiger partial charge in [0.1, 0.15) is 11.8 Å². The molecule has 4 aromatic heterocycles. The fourth-order valence-electron chi connectivity index (χ4n) is 4.69. The highest BCUT2D eigenvalue weighted by Crippen LogP contribution is 2.42. The molecule has 3 N–H and O–H groups in total. The molecule has 0 unspecified atom stereocenters. The summed E-state index contributed by atoms with van der Waals surface area (Å²) in [5.74, 6) is 1.18. The van der Waals surface area contributed by atoms with Crippen LogP contribution < -0.4 is 10.2 Å². The number of morpholine rings is 1. The summed E-state index contributed by atoms with van der Waals surface area (Å²) in [5, 5.41) is 13.3. The van der Waals surface area contributed by atoms with Gasteiger partial charge in [0.05, 0.1) is 23.4 Å². The van der Waals surface area contributed by atoms with Crippen LogP contribution in [0.3, 0.4) is 0 Å². The molecule has 1 atom stereocenters. The number of nitrogens with zero attached hydrogens (tertiary/aromatic N) is 4. The number of rotatable bonds is 6. The molecule has 5 aromatic rings. The monoisotopic (exact) mass is 528 g/mol. The maximum atomic E-state index is 11.8. The molecule has 6 rings (SSSR count). The highest BCUT2D eigenvalue weighted by Gasteiger charge is 2.23. The Balaban J connectivity index is 1.45. The molecule has 1 aliphatic rings. The molecule has 0 spiro atoms. The number of nitrogens with one attached hydrogen (secondary N) is 2. The van der Waals surface area contributed by atoms with Crippen LogP contribution in [-0.4, -0.2) is 63.4 Å². The van der Waals surface area contributed by atoms with Crippen LogP contribution >= 0.6 is 11.3 Å². The molecule has 1 aliphatic heterocycles. The number of thiophene rings is 1. The number of fused-ring (bicyclic) bond motifs is 2. The smallest absolute Gasteiger partial charge is 0.248 e. The van der Waals surface area contributed by atoms with Crippen molar-refractivity contribution in [2.75, 3.05) is 31.2 Å². The Morgan fingerprint density at radius 1 is 1.21 bits per heavy atom. The van der Waals surface area contributed by atoms with Gasteiger partial charge >= 0.3 is 0 Å². The number of aryl methyl sites for hydroxylation is 1. The molecule has 1 aromatic carbocycles. The molecule has 1 fully saturated rings. The van der Waals surface area contributed by atoms with E-state index in [0.717, 1.165) is 67.3 Å². The SMILES string of the molecule is Cc1c(-c2cccc(CNC(=O)[C@H](C)O)c2)sc2c(N3CCOCC3)nc(-c3cnc4[nH]ccc4c3)nc12. The van der Waals surface area contributed by atoms with Crippen LogP contribution in [0.25, 0.3) is 43.1 Å². The van der Waals surface area contributed by atoms with E-state index in [0.29, 0.717) is 25.6 Å². The molecule has 0 aliphatic carbocycles. The van der Waals surface area contributed by atoms with E-state index in [4.69, 9.17) is 14.7 Å². The van der Waals surface area contributed by atoms with Gasteiger partial charge in [-0.1, -0.05) is 18.2 Å². The number of aliphatic hydroxyl groups excluding tert-OH is 1. The van der Waals surface area contributed by atoms with Gasteiger partial charge in [-0.3, -0.25) is 4.79 Å². The second kappa shape index (κ2) is 10.1. The molecule has 1 amide bonds. The quantitative estimate of drug-likeness (QED) is 0.305. The van der Waals surface area contributed by atoms with Crippen molar-refractivity contribution in [1.29, 1.82) is 0 Å². The van der Waals surface area contributed by atoms with E-state index in [2.05, 4.69) is 45.3 Å². The van der Waals surface area contributed by atoms with E-state index in [1.807, 2.05) is 30.6 Å². The molecule has 0 radical (unpaired) electrons. The van der Waals surface area contributed by atoms with E-state index < -0.39 is 12.0 Å². The van der Waals surface area contributed by atoms with Crippen molar-refractivity contribution in [1.82, 2.24) is 25.3 Å². The van der Waals surface area contributed by atoms with Gasteiger partial charge < -0.3 is 25.0 Å². The maximum Gasteiger partial charge on any atom is 0.248 e. The third-order valence-corrected chi connectivity index (χ3v) is 8.08. The summed E-state index contributed by atoms with van der Waals surface area (Å²) in [4.78, 5) is 33.0. The number of hydrogen-bond acceptors (Lipinski definition) is 8. The molecule has 0 saturated carbocycles. The van der Waals surface area contributed by atoms with Crippen LogP contribution in [0, 0.1) is 6.92 Å². The summed E-state index contributed by atoms with van der Waals surface area (Å²) < 4.78 is 6.66. The topological polar surface area (TPSA) is 116 Å². The Kier molecular flexibility index (Phi) is 6.52. The number of aliphatic hydroxyl groups is 1. The minimum atomic E-state index is -1.04. The summed E-state index contributed by atoms with van der Waals surface area (Å²) in [7, 11) is 0. The minimum Gasteiger partial charge on any atom is -0.384 e. The van der Waals surface area contributed by atoms with E-state index in [-0.39, 0.29) is 0 Å². The van der Waals surface area contributed by atoms with Crippen LogP contribution in [-0.2, 0) is 16.1 Å². The third kappa shape index (κ3) is 4.62. The first-order chi connectivity index (χ1) is 18.5. The van der Waals surface area contributed by atoms with Gasteiger partial charge in [-0.15, -0.1) is 11.3 Å². The summed E-state index contributed by atoms with van der Waals surface area (Å²) in [6, 6.07) is 12.2. The molecule has 9 nitrogen and oxygen atoms in total. The van der Waals surface area contributed by atoms with Gasteiger partial charge in [0, 0.05) is 47.9 Å². The number of ether oxygens (including phenoxy) is 1. The molecule has 5 heterocycles. The average molecular weight is 529 g/mol. The molecule has 38 heavy (non-hydrogen) atoms. The number of H-pyrrole nitrogens is 1. The van der Waals surface area contributed by atoms with Crippen LogP contribution in [0.5, 0.6) is 0 Å². The van der Waals surface area contributed by atoms with Crippen molar-refractivity contribution in [3.63, 3.8) is 0 Å². The van der Waals surface area contributed by atoms with E-state index in [1.54, 1.807) is 11.3 Å². The number of aromatic amines is 1. The Morgan fingerprint density at radius 3 is 2.87 bits per heavy atom. The third-order valence-electron chi connectivity index (χ3n) is 6.75. The lowest BCUT2D eigenvalue weighted by atomic mass is 10.1. The summed E-state index contributed by atoms with van der Waals surface area (Å²) in [5.41, 5.74) is 5.74.